The van der Waals surface area contributed by atoms with Crippen LogP contribution < -0.4 is 0 Å². The molecule has 2 rings (SSSR count). The summed E-state index contributed by atoms with van der Waals surface area (Å²) < 4.78 is 4.42. The Labute approximate surface area is 68.8 Å². The molecule has 64 valence electrons. The molecule has 4 heteroatoms. The van der Waals surface area contributed by atoms with Crippen molar-refractivity contribution in [3.63, 3.8) is 0 Å². The largest absolute Gasteiger partial charge is 0.392 e. The highest BCUT2D eigenvalue weighted by Gasteiger charge is 2.45. The zero-order chi connectivity index (χ0) is 8.72. The molecule has 12 heavy (non-hydrogen) atoms. The van der Waals surface area contributed by atoms with Crippen LogP contribution in [-0.4, -0.2) is 23.1 Å². The Morgan fingerprint density at radius 3 is 2.83 bits per heavy atom. The van der Waals surface area contributed by atoms with E-state index in [1.54, 1.807) is 6.08 Å². The Kier molecular flexibility index (Phi) is 1.51. The third-order valence-corrected chi connectivity index (χ3v) is 2.25. The molecule has 1 saturated heterocycles. The predicted octanol–water partition coefficient (Wildman–Crippen LogP) is -0.377. The molecule has 0 aromatic rings. The summed E-state index contributed by atoms with van der Waals surface area (Å²) in [7, 11) is 0. The van der Waals surface area contributed by atoms with Gasteiger partial charge in [0.2, 0.25) is 0 Å². The smallest absolute Gasteiger partial charge is 0.321 e. The summed E-state index contributed by atoms with van der Waals surface area (Å²) in [6, 6.07) is 0. The number of aliphatic hydroxyl groups excluding tert-OH is 1. The van der Waals surface area contributed by atoms with Gasteiger partial charge in [0, 0.05) is 0 Å². The number of hydrogen-bond acceptors (Lipinski definition) is 4. The number of esters is 2. The molecule has 0 bridgehead atoms. The van der Waals surface area contributed by atoms with Crippen LogP contribution >= 0.6 is 0 Å². The van der Waals surface area contributed by atoms with E-state index in [4.69, 9.17) is 5.11 Å². The van der Waals surface area contributed by atoms with Gasteiger partial charge in [-0.1, -0.05) is 12.2 Å². The van der Waals surface area contributed by atoms with Crippen molar-refractivity contribution in [3.8, 4) is 0 Å². The van der Waals surface area contributed by atoms with Crippen LogP contribution in [0.25, 0.3) is 0 Å². The molecular weight excluding hydrogens is 160 g/mol. The molecule has 1 aliphatic carbocycles. The minimum atomic E-state index is -0.621. The molecule has 3 unspecified atom stereocenters. The van der Waals surface area contributed by atoms with E-state index in [1.807, 2.05) is 0 Å². The Bertz CT molecular complexity index is 268. The molecule has 0 aromatic heterocycles. The fourth-order valence-corrected chi connectivity index (χ4v) is 1.60. The minimum absolute atomic E-state index is 0.297. The maximum absolute atomic E-state index is 11.0. The van der Waals surface area contributed by atoms with E-state index in [1.165, 1.54) is 6.08 Å². The molecule has 0 aromatic carbocycles. The monoisotopic (exact) mass is 168 g/mol. The lowest BCUT2D eigenvalue weighted by Crippen LogP contribution is -2.25. The lowest BCUT2D eigenvalue weighted by Gasteiger charge is -2.17. The molecule has 2 aliphatic rings. The maximum atomic E-state index is 11.0. The van der Waals surface area contributed by atoms with Crippen LogP contribution in [0.5, 0.6) is 0 Å². The van der Waals surface area contributed by atoms with Gasteiger partial charge in [-0.25, -0.2) is 0 Å². The van der Waals surface area contributed by atoms with Crippen LogP contribution in [-0.2, 0) is 14.3 Å². The van der Waals surface area contributed by atoms with Crippen molar-refractivity contribution in [2.24, 2.45) is 11.8 Å². The van der Waals surface area contributed by atoms with Gasteiger partial charge in [0.05, 0.1) is 17.9 Å². The minimum Gasteiger partial charge on any atom is -0.392 e. The Hall–Kier alpha value is -1.16. The molecule has 0 radical (unpaired) electrons. The Morgan fingerprint density at radius 1 is 1.33 bits per heavy atom. The van der Waals surface area contributed by atoms with Crippen LogP contribution in [0, 0.1) is 11.8 Å². The average Bonchev–Trinajstić information content (AvgIpc) is 2.28. The van der Waals surface area contributed by atoms with E-state index in [9.17, 15) is 9.59 Å². The van der Waals surface area contributed by atoms with Crippen LogP contribution in [0.2, 0.25) is 0 Å². The SMILES string of the molecule is O=C1OC(=O)C2CC(O)C=CC12. The number of carbonyl (C=O) groups is 2. The van der Waals surface area contributed by atoms with Crippen LogP contribution in [0.15, 0.2) is 12.2 Å². The van der Waals surface area contributed by atoms with Crippen LogP contribution in [0.1, 0.15) is 6.42 Å². The topological polar surface area (TPSA) is 63.6 Å². The molecule has 1 aliphatic heterocycles. The highest BCUT2D eigenvalue weighted by molar-refractivity contribution is 5.97. The Morgan fingerprint density at radius 2 is 2.08 bits per heavy atom. The molecule has 0 amide bonds. The molecule has 3 atom stereocenters. The predicted molar refractivity (Wildman–Crippen MR) is 37.8 cm³/mol. The third-order valence-electron chi connectivity index (χ3n) is 2.25. The van der Waals surface area contributed by atoms with Gasteiger partial charge in [-0.05, 0) is 6.42 Å². The number of fused-ring (bicyclic) bond motifs is 1. The van der Waals surface area contributed by atoms with Gasteiger partial charge in [0.25, 0.3) is 0 Å². The molecule has 1 N–H and O–H groups in total. The number of cyclic esters (lactones) is 2. The van der Waals surface area contributed by atoms with Crippen molar-refractivity contribution >= 4 is 11.9 Å². The van der Waals surface area contributed by atoms with Gasteiger partial charge in [-0.15, -0.1) is 0 Å². The summed E-state index contributed by atoms with van der Waals surface area (Å²) in [6.07, 6.45) is 2.75. The summed E-state index contributed by atoms with van der Waals surface area (Å²) in [5.41, 5.74) is 0. The van der Waals surface area contributed by atoms with Gasteiger partial charge in [-0.2, -0.15) is 0 Å². The van der Waals surface area contributed by atoms with E-state index in [0.29, 0.717) is 6.42 Å². The summed E-state index contributed by atoms with van der Waals surface area (Å²) in [5, 5.41) is 9.15. The first-order chi connectivity index (χ1) is 5.68. The second-order valence-corrected chi connectivity index (χ2v) is 3.06. The van der Waals surface area contributed by atoms with Crippen molar-refractivity contribution in [1.82, 2.24) is 0 Å². The molecule has 1 heterocycles. The highest BCUT2D eigenvalue weighted by Crippen LogP contribution is 2.32. The quantitative estimate of drug-likeness (QED) is 0.304. The fourth-order valence-electron chi connectivity index (χ4n) is 1.60. The van der Waals surface area contributed by atoms with Crippen molar-refractivity contribution in [3.05, 3.63) is 12.2 Å². The number of ether oxygens (including phenoxy) is 1. The lowest BCUT2D eigenvalue weighted by atomic mass is 9.85. The Balaban J connectivity index is 2.29. The van der Waals surface area contributed by atoms with Crippen molar-refractivity contribution < 1.29 is 19.4 Å². The maximum Gasteiger partial charge on any atom is 0.321 e. The second kappa shape index (κ2) is 2.42. The summed E-state index contributed by atoms with van der Waals surface area (Å²) in [5.74, 6) is -1.92. The van der Waals surface area contributed by atoms with Gasteiger partial charge < -0.3 is 9.84 Å². The number of carbonyl (C=O) groups excluding carboxylic acids is 2. The third kappa shape index (κ3) is 0.956. The fraction of sp³-hybridized carbons (Fsp3) is 0.500. The average molecular weight is 168 g/mol. The van der Waals surface area contributed by atoms with E-state index in [2.05, 4.69) is 4.74 Å². The van der Waals surface area contributed by atoms with Gasteiger partial charge >= 0.3 is 11.9 Å². The molecule has 4 nitrogen and oxygen atoms in total. The van der Waals surface area contributed by atoms with Gasteiger partial charge in [-0.3, -0.25) is 9.59 Å². The first-order valence-electron chi connectivity index (χ1n) is 3.80. The molecule has 0 saturated carbocycles. The molecule has 1 fully saturated rings. The molecular formula is C8H8O4. The first-order valence-corrected chi connectivity index (χ1v) is 3.80. The zero-order valence-electron chi connectivity index (χ0n) is 6.27. The number of aliphatic hydroxyl groups is 1. The summed E-state index contributed by atoms with van der Waals surface area (Å²) >= 11 is 0. The van der Waals surface area contributed by atoms with E-state index < -0.39 is 29.9 Å². The zero-order valence-corrected chi connectivity index (χ0v) is 6.27. The van der Waals surface area contributed by atoms with Crippen LogP contribution in [0.3, 0.4) is 0 Å². The van der Waals surface area contributed by atoms with E-state index >= 15 is 0 Å². The van der Waals surface area contributed by atoms with E-state index in [-0.39, 0.29) is 0 Å². The summed E-state index contributed by atoms with van der Waals surface area (Å²) in [4.78, 5) is 21.9. The van der Waals surface area contributed by atoms with Crippen molar-refractivity contribution in [2.75, 3.05) is 0 Å². The highest BCUT2D eigenvalue weighted by atomic mass is 16.6. The van der Waals surface area contributed by atoms with Crippen LogP contribution in [0.4, 0.5) is 0 Å². The number of rotatable bonds is 0. The standard InChI is InChI=1S/C8H8O4/c9-4-1-2-5-6(3-4)8(11)12-7(5)10/h1-2,4-6,9H,3H2. The number of hydrogen-bond donors (Lipinski definition) is 1. The lowest BCUT2D eigenvalue weighted by molar-refractivity contribution is -0.153. The van der Waals surface area contributed by atoms with Gasteiger partial charge in [0.1, 0.15) is 0 Å². The van der Waals surface area contributed by atoms with Crippen molar-refractivity contribution in [1.29, 1.82) is 0 Å². The normalized spacial score (nSPS) is 39.6. The molecule has 0 spiro atoms. The summed E-state index contributed by atoms with van der Waals surface area (Å²) in [6.45, 7) is 0. The van der Waals surface area contributed by atoms with E-state index in [0.717, 1.165) is 0 Å². The first kappa shape index (κ1) is 7.49. The second-order valence-electron chi connectivity index (χ2n) is 3.06. The van der Waals surface area contributed by atoms with Crippen molar-refractivity contribution in [2.45, 2.75) is 12.5 Å². The van der Waals surface area contributed by atoms with Gasteiger partial charge in [0.15, 0.2) is 0 Å².